The topological polar surface area (TPSA) is 89.3 Å². The number of tetrazole rings is 1. The number of thioether (sulfide) groups is 1. The van der Waals surface area contributed by atoms with Gasteiger partial charge < -0.3 is 4.98 Å². The Balaban J connectivity index is 1.41. The van der Waals surface area contributed by atoms with Crippen LogP contribution < -0.4 is 5.56 Å². The van der Waals surface area contributed by atoms with Crippen molar-refractivity contribution in [2.75, 3.05) is 0 Å². The van der Waals surface area contributed by atoms with Crippen LogP contribution >= 0.6 is 34.4 Å². The third-order valence-electron chi connectivity index (χ3n) is 4.97. The van der Waals surface area contributed by atoms with Gasteiger partial charge in [-0.25, -0.2) is 9.67 Å². The second-order valence-electron chi connectivity index (χ2n) is 6.89. The van der Waals surface area contributed by atoms with Crippen LogP contribution in [0.3, 0.4) is 0 Å². The van der Waals surface area contributed by atoms with E-state index in [0.717, 1.165) is 33.3 Å². The molecule has 4 aromatic rings. The number of nitrogens with zero attached hydrogens (tertiary/aromatic N) is 5. The van der Waals surface area contributed by atoms with Crippen molar-refractivity contribution in [2.45, 2.75) is 49.6 Å². The Kier molecular flexibility index (Phi) is 4.77. The third-order valence-corrected chi connectivity index (χ3v) is 7.82. The molecule has 0 aliphatic heterocycles. The molecule has 1 saturated carbocycles. The van der Waals surface area contributed by atoms with Gasteiger partial charge in [0.05, 0.1) is 17.2 Å². The molecule has 1 N–H and O–H groups in total. The highest BCUT2D eigenvalue weighted by Crippen LogP contribution is 2.35. The molecular weight excluding hydrogens is 412 g/mol. The number of aromatic amines is 1. The average Bonchev–Trinajstić information content (AvgIpc) is 3.45. The van der Waals surface area contributed by atoms with Crippen molar-refractivity contribution in [3.63, 3.8) is 0 Å². The number of fused-ring (bicyclic) bond motifs is 1. The number of rotatable bonds is 5. The van der Waals surface area contributed by atoms with Crippen molar-refractivity contribution >= 4 is 44.7 Å². The van der Waals surface area contributed by atoms with Gasteiger partial charge in [-0.3, -0.25) is 4.79 Å². The van der Waals surface area contributed by atoms with Crippen LogP contribution in [0, 0.1) is 6.92 Å². The zero-order valence-electron chi connectivity index (χ0n) is 15.2. The van der Waals surface area contributed by atoms with Gasteiger partial charge in [0.25, 0.3) is 5.56 Å². The van der Waals surface area contributed by atoms with Crippen LogP contribution in [-0.4, -0.2) is 30.2 Å². The summed E-state index contributed by atoms with van der Waals surface area (Å²) < 4.78 is 1.93. The fraction of sp³-hybridized carbons (Fsp3) is 0.389. The Labute approximate surface area is 173 Å². The molecule has 0 aromatic carbocycles. The molecule has 144 valence electrons. The Bertz CT molecular complexity index is 1180. The van der Waals surface area contributed by atoms with Crippen LogP contribution in [-0.2, 0) is 5.75 Å². The first-order chi connectivity index (χ1) is 13.7. The van der Waals surface area contributed by atoms with Crippen molar-refractivity contribution in [3.8, 4) is 10.4 Å². The van der Waals surface area contributed by atoms with E-state index in [0.29, 0.717) is 23.0 Å². The van der Waals surface area contributed by atoms with E-state index in [4.69, 9.17) is 0 Å². The van der Waals surface area contributed by atoms with Crippen LogP contribution in [0.15, 0.2) is 27.5 Å². The van der Waals surface area contributed by atoms with Crippen molar-refractivity contribution in [2.24, 2.45) is 0 Å². The predicted octanol–water partition coefficient (Wildman–Crippen LogP) is 4.42. The summed E-state index contributed by atoms with van der Waals surface area (Å²) in [6.07, 6.45) is 4.70. The summed E-state index contributed by atoms with van der Waals surface area (Å²) in [5.74, 6) is 1.18. The fourth-order valence-corrected chi connectivity index (χ4v) is 6.35. The van der Waals surface area contributed by atoms with Gasteiger partial charge in [0, 0.05) is 20.7 Å². The molecule has 1 fully saturated rings. The van der Waals surface area contributed by atoms with E-state index in [2.05, 4.69) is 44.5 Å². The van der Waals surface area contributed by atoms with Gasteiger partial charge in [-0.2, -0.15) is 0 Å². The molecule has 0 bridgehead atoms. The summed E-state index contributed by atoms with van der Waals surface area (Å²) in [6.45, 7) is 2.07. The van der Waals surface area contributed by atoms with Crippen molar-refractivity contribution in [3.05, 3.63) is 38.6 Å². The molecule has 28 heavy (non-hydrogen) atoms. The first-order valence-electron chi connectivity index (χ1n) is 9.17. The molecule has 7 nitrogen and oxygen atoms in total. The Morgan fingerprint density at radius 3 is 2.96 bits per heavy atom. The standard InChI is InChI=1S/C18H18N6OS3/c1-10-6-7-13(28-10)12-8-26-17-15(12)16(25)19-14(20-17)9-27-18-21-22-23-24(18)11-4-2-3-5-11/h6-8,11H,2-5,9H2,1H3,(H,19,20,25). The number of aromatic nitrogens is 6. The lowest BCUT2D eigenvalue weighted by atomic mass is 10.2. The van der Waals surface area contributed by atoms with E-state index in [1.807, 2.05) is 10.1 Å². The number of hydrogen-bond donors (Lipinski definition) is 1. The van der Waals surface area contributed by atoms with Crippen molar-refractivity contribution < 1.29 is 0 Å². The predicted molar refractivity (Wildman–Crippen MR) is 113 cm³/mol. The normalized spacial score (nSPS) is 15.0. The average molecular weight is 431 g/mol. The van der Waals surface area contributed by atoms with E-state index in [9.17, 15) is 4.79 Å². The van der Waals surface area contributed by atoms with Gasteiger partial charge >= 0.3 is 0 Å². The first kappa shape index (κ1) is 18.0. The molecule has 4 heterocycles. The smallest absolute Gasteiger partial charge is 0.260 e. The molecule has 0 spiro atoms. The largest absolute Gasteiger partial charge is 0.309 e. The molecule has 1 aliphatic carbocycles. The molecule has 0 amide bonds. The van der Waals surface area contributed by atoms with Crippen molar-refractivity contribution in [1.82, 2.24) is 30.2 Å². The molecule has 1 aliphatic rings. The monoisotopic (exact) mass is 430 g/mol. The maximum absolute atomic E-state index is 12.8. The lowest BCUT2D eigenvalue weighted by Crippen LogP contribution is -2.11. The second-order valence-corrected chi connectivity index (χ2v) is 9.97. The number of H-pyrrole nitrogens is 1. The SMILES string of the molecule is Cc1ccc(-c2csc3nc(CSc4nnnn4C4CCCC4)[nH]c(=O)c23)s1. The van der Waals surface area contributed by atoms with Gasteiger partial charge in [0.2, 0.25) is 5.16 Å². The highest BCUT2D eigenvalue weighted by molar-refractivity contribution is 7.98. The van der Waals surface area contributed by atoms with E-state index in [-0.39, 0.29) is 5.56 Å². The maximum atomic E-state index is 12.8. The van der Waals surface area contributed by atoms with Gasteiger partial charge in [-0.1, -0.05) is 24.6 Å². The van der Waals surface area contributed by atoms with Crippen LogP contribution in [0.25, 0.3) is 20.7 Å². The van der Waals surface area contributed by atoms with E-state index in [1.165, 1.54) is 40.8 Å². The van der Waals surface area contributed by atoms with E-state index in [1.54, 1.807) is 11.3 Å². The summed E-state index contributed by atoms with van der Waals surface area (Å²) in [5.41, 5.74) is 0.884. The van der Waals surface area contributed by atoms with Gasteiger partial charge in [-0.15, -0.1) is 27.8 Å². The van der Waals surface area contributed by atoms with Crippen LogP contribution in [0.1, 0.15) is 42.4 Å². The number of hydrogen-bond acceptors (Lipinski definition) is 8. The fourth-order valence-electron chi connectivity index (χ4n) is 3.61. The van der Waals surface area contributed by atoms with E-state index < -0.39 is 0 Å². The summed E-state index contributed by atoms with van der Waals surface area (Å²) >= 11 is 4.72. The first-order valence-corrected chi connectivity index (χ1v) is 11.8. The van der Waals surface area contributed by atoms with Gasteiger partial charge in [0.15, 0.2) is 0 Å². The molecule has 10 heteroatoms. The minimum Gasteiger partial charge on any atom is -0.309 e. The highest BCUT2D eigenvalue weighted by atomic mass is 32.2. The minimum absolute atomic E-state index is 0.0849. The van der Waals surface area contributed by atoms with Crippen molar-refractivity contribution in [1.29, 1.82) is 0 Å². The Morgan fingerprint density at radius 1 is 1.32 bits per heavy atom. The molecule has 4 aromatic heterocycles. The van der Waals surface area contributed by atoms with E-state index >= 15 is 0 Å². The summed E-state index contributed by atoms with van der Waals surface area (Å²) in [5, 5.41) is 15.6. The molecule has 0 radical (unpaired) electrons. The number of nitrogens with one attached hydrogen (secondary N) is 1. The molecule has 5 rings (SSSR count). The quantitative estimate of drug-likeness (QED) is 0.472. The summed E-state index contributed by atoms with van der Waals surface area (Å²) in [7, 11) is 0. The zero-order chi connectivity index (χ0) is 19.1. The lowest BCUT2D eigenvalue weighted by Gasteiger charge is -2.10. The van der Waals surface area contributed by atoms with Gasteiger partial charge in [0.1, 0.15) is 10.7 Å². The number of thiophene rings is 2. The molecular formula is C18H18N6OS3. The minimum atomic E-state index is -0.0849. The lowest BCUT2D eigenvalue weighted by molar-refractivity contribution is 0.423. The second kappa shape index (κ2) is 7.41. The Hall–Kier alpha value is -2.04. The van der Waals surface area contributed by atoms with Gasteiger partial charge in [-0.05, 0) is 42.3 Å². The number of aryl methyl sites for hydroxylation is 1. The molecule has 0 atom stereocenters. The Morgan fingerprint density at radius 2 is 2.18 bits per heavy atom. The zero-order valence-corrected chi connectivity index (χ0v) is 17.7. The molecule has 0 unspecified atom stereocenters. The summed E-state index contributed by atoms with van der Waals surface area (Å²) in [6, 6.07) is 4.53. The highest BCUT2D eigenvalue weighted by Gasteiger charge is 2.22. The summed E-state index contributed by atoms with van der Waals surface area (Å²) in [4.78, 5) is 23.5. The maximum Gasteiger partial charge on any atom is 0.260 e. The molecule has 0 saturated heterocycles. The third kappa shape index (κ3) is 3.29. The van der Waals surface area contributed by atoms with Crippen LogP contribution in [0.4, 0.5) is 0 Å². The van der Waals surface area contributed by atoms with Crippen LogP contribution in [0.5, 0.6) is 0 Å². The van der Waals surface area contributed by atoms with Crippen LogP contribution in [0.2, 0.25) is 0 Å².